The van der Waals surface area contributed by atoms with Crippen molar-refractivity contribution in [3.8, 4) is 5.75 Å². The van der Waals surface area contributed by atoms with Crippen molar-refractivity contribution >= 4 is 51.0 Å². The van der Waals surface area contributed by atoms with Crippen molar-refractivity contribution in [1.29, 1.82) is 0 Å². The number of halogens is 1. The Balaban J connectivity index is 1.95. The summed E-state index contributed by atoms with van der Waals surface area (Å²) in [4.78, 5) is 33.7. The Morgan fingerprint density at radius 3 is 2.67 bits per heavy atom. The van der Waals surface area contributed by atoms with Gasteiger partial charge in [-0.15, -0.1) is 11.3 Å². The second-order valence-electron chi connectivity index (χ2n) is 4.73. The minimum absolute atomic E-state index is 0.0610. The molecule has 0 spiro atoms. The number of carbonyl (C=O) groups excluding carboxylic acids is 2. The summed E-state index contributed by atoms with van der Waals surface area (Å²) >= 11 is 7.38. The van der Waals surface area contributed by atoms with E-state index in [0.717, 1.165) is 22.2 Å². The average molecular weight is 362 g/mol. The number of non-ortho nitro benzene ring substituents is 1. The van der Waals surface area contributed by atoms with Gasteiger partial charge in [-0.3, -0.25) is 14.9 Å². The monoisotopic (exact) mass is 361 g/mol. The van der Waals surface area contributed by atoms with Crippen molar-refractivity contribution in [2.45, 2.75) is 0 Å². The largest absolute Gasteiger partial charge is 0.422 e. The first-order chi connectivity index (χ1) is 11.5. The van der Waals surface area contributed by atoms with Crippen molar-refractivity contribution < 1.29 is 19.2 Å². The molecule has 2 aromatic carbocycles. The number of carbonyl (C=O) groups is 2. The number of nitro groups is 1. The normalized spacial score (nSPS) is 10.5. The second-order valence-corrected chi connectivity index (χ2v) is 6.16. The molecule has 0 aliphatic carbocycles. The Kier molecular flexibility index (Phi) is 4.28. The highest BCUT2D eigenvalue weighted by molar-refractivity contribution is 7.21. The third kappa shape index (κ3) is 2.86. The summed E-state index contributed by atoms with van der Waals surface area (Å²) in [6.45, 7) is 0. The lowest BCUT2D eigenvalue weighted by molar-refractivity contribution is -0.384. The van der Waals surface area contributed by atoms with Gasteiger partial charge in [0.25, 0.3) is 5.69 Å². The van der Waals surface area contributed by atoms with Gasteiger partial charge in [-0.05, 0) is 12.1 Å². The molecule has 0 aliphatic heterocycles. The van der Waals surface area contributed by atoms with Crippen LogP contribution in [0.15, 0.2) is 42.5 Å². The van der Waals surface area contributed by atoms with Crippen molar-refractivity contribution in [3.63, 3.8) is 0 Å². The van der Waals surface area contributed by atoms with E-state index in [-0.39, 0.29) is 26.9 Å². The molecule has 120 valence electrons. The van der Waals surface area contributed by atoms with Crippen LogP contribution in [0.2, 0.25) is 5.02 Å². The third-order valence-corrected chi connectivity index (χ3v) is 4.91. The Morgan fingerprint density at radius 1 is 1.25 bits per heavy atom. The summed E-state index contributed by atoms with van der Waals surface area (Å²) in [5.41, 5.74) is -0.355. The molecule has 0 saturated heterocycles. The minimum Gasteiger partial charge on any atom is -0.422 e. The van der Waals surface area contributed by atoms with Crippen LogP contribution in [0.5, 0.6) is 5.75 Å². The lowest BCUT2D eigenvalue weighted by Gasteiger charge is -2.05. The fourth-order valence-electron chi connectivity index (χ4n) is 2.13. The summed E-state index contributed by atoms with van der Waals surface area (Å²) in [7, 11) is 0. The zero-order valence-corrected chi connectivity index (χ0v) is 13.5. The molecule has 0 bridgehead atoms. The van der Waals surface area contributed by atoms with E-state index >= 15 is 0 Å². The van der Waals surface area contributed by atoms with E-state index in [1.54, 1.807) is 12.1 Å². The van der Waals surface area contributed by atoms with Crippen LogP contribution in [0.25, 0.3) is 10.1 Å². The molecule has 0 amide bonds. The molecule has 0 unspecified atom stereocenters. The number of esters is 1. The number of aldehydes is 1. The molecule has 0 N–H and O–H groups in total. The Morgan fingerprint density at radius 2 is 2.00 bits per heavy atom. The molecule has 0 atom stereocenters. The van der Waals surface area contributed by atoms with Gasteiger partial charge in [0.2, 0.25) is 0 Å². The molecule has 24 heavy (non-hydrogen) atoms. The zero-order valence-electron chi connectivity index (χ0n) is 11.9. The number of hydrogen-bond donors (Lipinski definition) is 0. The van der Waals surface area contributed by atoms with E-state index in [9.17, 15) is 19.7 Å². The van der Waals surface area contributed by atoms with E-state index < -0.39 is 10.9 Å². The van der Waals surface area contributed by atoms with Gasteiger partial charge >= 0.3 is 5.97 Å². The molecule has 3 aromatic rings. The van der Waals surface area contributed by atoms with Gasteiger partial charge in [0.1, 0.15) is 10.6 Å². The summed E-state index contributed by atoms with van der Waals surface area (Å²) in [5, 5.41) is 11.7. The van der Waals surface area contributed by atoms with E-state index in [1.165, 1.54) is 17.4 Å². The lowest BCUT2D eigenvalue weighted by Crippen LogP contribution is -2.08. The van der Waals surface area contributed by atoms with Crippen molar-refractivity contribution in [2.75, 3.05) is 0 Å². The number of ether oxygens (including phenoxy) is 1. The number of fused-ring (bicyclic) bond motifs is 1. The fraction of sp³-hybridized carbons (Fsp3) is 0. The smallest absolute Gasteiger partial charge is 0.355 e. The van der Waals surface area contributed by atoms with Crippen LogP contribution in [0, 0.1) is 10.1 Å². The van der Waals surface area contributed by atoms with Gasteiger partial charge in [-0.1, -0.05) is 29.8 Å². The van der Waals surface area contributed by atoms with Crippen molar-refractivity contribution in [2.24, 2.45) is 0 Å². The van der Waals surface area contributed by atoms with Crippen LogP contribution in [0.3, 0.4) is 0 Å². The Hall–Kier alpha value is -2.77. The summed E-state index contributed by atoms with van der Waals surface area (Å²) in [6.07, 6.45) is 0.391. The minimum atomic E-state index is -0.724. The van der Waals surface area contributed by atoms with Gasteiger partial charge in [-0.2, -0.15) is 0 Å². The van der Waals surface area contributed by atoms with Crippen molar-refractivity contribution in [3.05, 3.63) is 68.0 Å². The van der Waals surface area contributed by atoms with E-state index in [2.05, 4.69) is 0 Å². The summed E-state index contributed by atoms with van der Waals surface area (Å²) in [6, 6.07) is 10.6. The molecule has 0 aliphatic rings. The highest BCUT2D eigenvalue weighted by atomic mass is 35.5. The first-order valence-electron chi connectivity index (χ1n) is 6.64. The first kappa shape index (κ1) is 16.1. The molecule has 0 saturated carbocycles. The molecule has 3 rings (SSSR count). The first-order valence-corrected chi connectivity index (χ1v) is 7.83. The van der Waals surface area contributed by atoms with Crippen LogP contribution in [0.1, 0.15) is 20.0 Å². The maximum atomic E-state index is 12.3. The van der Waals surface area contributed by atoms with Crippen LogP contribution in [0.4, 0.5) is 5.69 Å². The Labute approximate surface area is 144 Å². The zero-order chi connectivity index (χ0) is 17.3. The number of rotatable bonds is 4. The SMILES string of the molecule is O=Cc1cc([N+](=O)[O-])ccc1OC(=O)c1sc2ccccc2c1Cl. The average Bonchev–Trinajstić information content (AvgIpc) is 2.92. The van der Waals surface area contributed by atoms with Gasteiger partial charge in [-0.25, -0.2) is 4.79 Å². The Bertz CT molecular complexity index is 982. The number of hydrogen-bond acceptors (Lipinski definition) is 6. The molecule has 1 aromatic heterocycles. The predicted octanol–water partition coefficient (Wildman–Crippen LogP) is 4.49. The van der Waals surface area contributed by atoms with Crippen LogP contribution >= 0.6 is 22.9 Å². The summed E-state index contributed by atoms with van der Waals surface area (Å²) < 4.78 is 6.03. The van der Waals surface area contributed by atoms with Crippen molar-refractivity contribution in [1.82, 2.24) is 0 Å². The highest BCUT2D eigenvalue weighted by Crippen LogP contribution is 2.36. The van der Waals surface area contributed by atoms with Gasteiger partial charge in [0.05, 0.1) is 15.5 Å². The van der Waals surface area contributed by atoms with E-state index in [4.69, 9.17) is 16.3 Å². The molecule has 0 radical (unpaired) electrons. The lowest BCUT2D eigenvalue weighted by atomic mass is 10.2. The third-order valence-electron chi connectivity index (χ3n) is 3.25. The molecule has 6 nitrogen and oxygen atoms in total. The molecular weight excluding hydrogens is 354 g/mol. The second kappa shape index (κ2) is 6.38. The summed E-state index contributed by atoms with van der Waals surface area (Å²) in [5.74, 6) is -0.785. The van der Waals surface area contributed by atoms with Crippen LogP contribution in [-0.2, 0) is 0 Å². The maximum Gasteiger partial charge on any atom is 0.355 e. The molecule has 8 heteroatoms. The fourth-order valence-corrected chi connectivity index (χ4v) is 3.51. The molecular formula is C16H8ClNO5S. The van der Waals surface area contributed by atoms with E-state index in [0.29, 0.717) is 6.29 Å². The van der Waals surface area contributed by atoms with Gasteiger partial charge in [0, 0.05) is 22.2 Å². The number of benzene rings is 2. The number of nitro benzene ring substituents is 1. The standard InChI is InChI=1S/C16H8ClNO5S/c17-14-11-3-1-2-4-13(11)24-15(14)16(20)23-12-6-5-10(18(21)22)7-9(12)8-19/h1-8H. The van der Waals surface area contributed by atoms with Crippen LogP contribution in [-0.4, -0.2) is 17.2 Å². The molecule has 0 fully saturated rings. The number of thiophene rings is 1. The predicted molar refractivity (Wildman–Crippen MR) is 90.3 cm³/mol. The van der Waals surface area contributed by atoms with Crippen LogP contribution < -0.4 is 4.74 Å². The van der Waals surface area contributed by atoms with E-state index in [1.807, 2.05) is 12.1 Å². The quantitative estimate of drug-likeness (QED) is 0.224. The van der Waals surface area contributed by atoms with Gasteiger partial charge < -0.3 is 4.74 Å². The van der Waals surface area contributed by atoms with Gasteiger partial charge in [0.15, 0.2) is 6.29 Å². The maximum absolute atomic E-state index is 12.3. The number of nitrogens with zero attached hydrogens (tertiary/aromatic N) is 1. The highest BCUT2D eigenvalue weighted by Gasteiger charge is 2.21. The topological polar surface area (TPSA) is 86.5 Å². The molecule has 1 heterocycles.